The van der Waals surface area contributed by atoms with Crippen LogP contribution in [-0.2, 0) is 0 Å². The van der Waals surface area contributed by atoms with Crippen LogP contribution in [-0.4, -0.2) is 24.9 Å². The first kappa shape index (κ1) is 11.3. The molecule has 7 nitrogen and oxygen atoms in total. The highest BCUT2D eigenvalue weighted by Crippen LogP contribution is 2.29. The molecule has 0 atom stereocenters. The summed E-state index contributed by atoms with van der Waals surface area (Å²) in [5, 5.41) is 10.9. The van der Waals surface area contributed by atoms with E-state index in [0.717, 1.165) is 0 Å². The monoisotopic (exact) mass is 251 g/mol. The van der Waals surface area contributed by atoms with E-state index in [-0.39, 0.29) is 22.4 Å². The fourth-order valence-electron chi connectivity index (χ4n) is 1.37. The summed E-state index contributed by atoms with van der Waals surface area (Å²) in [5.74, 6) is 0. The molecule has 0 fully saturated rings. The molecule has 0 saturated carbocycles. The van der Waals surface area contributed by atoms with Crippen molar-refractivity contribution in [3.63, 3.8) is 0 Å². The third-order valence-electron chi connectivity index (χ3n) is 2.05. The maximum Gasteiger partial charge on any atom is 0.316 e. The number of halogens is 1. The van der Waals surface area contributed by atoms with Gasteiger partial charge in [-0.2, -0.15) is 0 Å². The molecule has 2 rings (SSSR count). The van der Waals surface area contributed by atoms with Gasteiger partial charge >= 0.3 is 5.69 Å². The molecule has 0 unspecified atom stereocenters. The highest BCUT2D eigenvalue weighted by Gasteiger charge is 2.23. The van der Waals surface area contributed by atoms with Crippen molar-refractivity contribution in [3.05, 3.63) is 39.8 Å². The third-order valence-corrected chi connectivity index (χ3v) is 2.22. The van der Waals surface area contributed by atoms with Gasteiger partial charge in [0.05, 0.1) is 4.92 Å². The summed E-state index contributed by atoms with van der Waals surface area (Å²) in [4.78, 5) is 25.6. The van der Waals surface area contributed by atoms with Gasteiger partial charge in [-0.3, -0.25) is 10.1 Å². The van der Waals surface area contributed by atoms with Crippen molar-refractivity contribution >= 4 is 17.3 Å². The Morgan fingerprint density at radius 1 is 1.29 bits per heavy atom. The van der Waals surface area contributed by atoms with Gasteiger partial charge < -0.3 is 0 Å². The van der Waals surface area contributed by atoms with Crippen molar-refractivity contribution < 1.29 is 4.92 Å². The van der Waals surface area contributed by atoms with Gasteiger partial charge in [-0.05, 0) is 18.5 Å². The van der Waals surface area contributed by atoms with Crippen LogP contribution in [0.3, 0.4) is 0 Å². The van der Waals surface area contributed by atoms with E-state index in [4.69, 9.17) is 11.6 Å². The van der Waals surface area contributed by atoms with Gasteiger partial charge in [0, 0.05) is 18.0 Å². The van der Waals surface area contributed by atoms with Crippen molar-refractivity contribution in [3.8, 4) is 11.3 Å². The Kier molecular flexibility index (Phi) is 2.92. The minimum absolute atomic E-state index is 0.0491. The Hall–Kier alpha value is -2.15. The van der Waals surface area contributed by atoms with Gasteiger partial charge in [0.2, 0.25) is 5.28 Å². The fourth-order valence-corrected chi connectivity index (χ4v) is 1.59. The first-order valence-electron chi connectivity index (χ1n) is 4.53. The molecule has 0 N–H and O–H groups in total. The Labute approximate surface area is 101 Å². The minimum atomic E-state index is -0.548. The maximum atomic E-state index is 11.0. The molecule has 0 amide bonds. The zero-order valence-corrected chi connectivity index (χ0v) is 9.42. The molecular weight excluding hydrogens is 246 g/mol. The summed E-state index contributed by atoms with van der Waals surface area (Å²) in [5.41, 5.74) is 0.553. The summed E-state index contributed by atoms with van der Waals surface area (Å²) in [6.45, 7) is 1.50. The normalized spacial score (nSPS) is 10.2. The predicted octanol–water partition coefficient (Wildman–Crippen LogP) is 1.80. The van der Waals surface area contributed by atoms with E-state index in [1.165, 1.54) is 25.6 Å². The lowest BCUT2D eigenvalue weighted by atomic mass is 10.2. The lowest BCUT2D eigenvalue weighted by Crippen LogP contribution is -2.01. The van der Waals surface area contributed by atoms with Gasteiger partial charge in [-0.15, -0.1) is 0 Å². The second-order valence-electron chi connectivity index (χ2n) is 3.16. The van der Waals surface area contributed by atoms with Crippen LogP contribution in [0.2, 0.25) is 5.28 Å². The molecular formula is C9H6ClN5O2. The molecule has 0 aromatic carbocycles. The highest BCUT2D eigenvalue weighted by molar-refractivity contribution is 6.28. The minimum Gasteiger partial charge on any atom is -0.258 e. The quantitative estimate of drug-likeness (QED) is 0.459. The van der Waals surface area contributed by atoms with Gasteiger partial charge in [-0.1, -0.05) is 0 Å². The first-order valence-corrected chi connectivity index (χ1v) is 4.91. The molecule has 8 heteroatoms. The van der Waals surface area contributed by atoms with Crippen LogP contribution in [0.5, 0.6) is 0 Å². The van der Waals surface area contributed by atoms with Crippen molar-refractivity contribution in [1.82, 2.24) is 19.9 Å². The number of hydrogen-bond acceptors (Lipinski definition) is 6. The largest absolute Gasteiger partial charge is 0.316 e. The molecule has 0 saturated heterocycles. The van der Waals surface area contributed by atoms with Gasteiger partial charge in [0.25, 0.3) is 0 Å². The van der Waals surface area contributed by atoms with Gasteiger partial charge in [-0.25, -0.2) is 19.9 Å². The first-order chi connectivity index (χ1) is 8.09. The molecule has 0 spiro atoms. The molecule has 86 valence electrons. The van der Waals surface area contributed by atoms with Crippen molar-refractivity contribution in [2.75, 3.05) is 0 Å². The lowest BCUT2D eigenvalue weighted by Gasteiger charge is -2.03. The summed E-state index contributed by atoms with van der Waals surface area (Å²) in [6, 6.07) is 0. The summed E-state index contributed by atoms with van der Waals surface area (Å²) >= 11 is 5.69. The SMILES string of the molecule is Cc1nc(Cl)nc(-c2cncnc2)c1[N+](=O)[O-]. The average molecular weight is 252 g/mol. The standard InChI is InChI=1S/C9H6ClN5O2/c1-5-8(15(16)17)7(14-9(10)13-5)6-2-11-4-12-3-6/h2-4H,1H3. The number of hydrogen-bond donors (Lipinski definition) is 0. The van der Waals surface area contributed by atoms with Gasteiger partial charge in [0.1, 0.15) is 12.0 Å². The predicted molar refractivity (Wildman–Crippen MR) is 59.5 cm³/mol. The molecule has 0 bridgehead atoms. The second kappa shape index (κ2) is 4.38. The smallest absolute Gasteiger partial charge is 0.258 e. The number of rotatable bonds is 2. The number of aromatic nitrogens is 4. The van der Waals surface area contributed by atoms with E-state index in [1.54, 1.807) is 0 Å². The maximum absolute atomic E-state index is 11.0. The summed E-state index contributed by atoms with van der Waals surface area (Å²) < 4.78 is 0. The van der Waals surface area contributed by atoms with Crippen LogP contribution in [0.15, 0.2) is 18.7 Å². The van der Waals surface area contributed by atoms with Crippen molar-refractivity contribution in [1.29, 1.82) is 0 Å². The highest BCUT2D eigenvalue weighted by atomic mass is 35.5. The molecule has 0 radical (unpaired) electrons. The van der Waals surface area contributed by atoms with E-state index >= 15 is 0 Å². The Morgan fingerprint density at radius 2 is 1.94 bits per heavy atom. The van der Waals surface area contributed by atoms with E-state index in [0.29, 0.717) is 5.56 Å². The zero-order chi connectivity index (χ0) is 12.4. The zero-order valence-electron chi connectivity index (χ0n) is 8.66. The number of aryl methyl sites for hydroxylation is 1. The molecule has 2 aromatic heterocycles. The number of nitrogens with zero attached hydrogens (tertiary/aromatic N) is 5. The van der Waals surface area contributed by atoms with E-state index in [2.05, 4.69) is 19.9 Å². The fraction of sp³-hybridized carbons (Fsp3) is 0.111. The molecule has 2 aromatic rings. The molecule has 2 heterocycles. The van der Waals surface area contributed by atoms with Crippen LogP contribution < -0.4 is 0 Å². The van der Waals surface area contributed by atoms with Crippen molar-refractivity contribution in [2.24, 2.45) is 0 Å². The van der Waals surface area contributed by atoms with Crippen LogP contribution >= 0.6 is 11.6 Å². The van der Waals surface area contributed by atoms with Crippen LogP contribution in [0.1, 0.15) is 5.69 Å². The molecule has 0 aliphatic carbocycles. The lowest BCUT2D eigenvalue weighted by molar-refractivity contribution is -0.385. The van der Waals surface area contributed by atoms with E-state index in [1.807, 2.05) is 0 Å². The average Bonchev–Trinajstić information content (AvgIpc) is 2.28. The number of nitro groups is 1. The van der Waals surface area contributed by atoms with Gasteiger partial charge in [0.15, 0.2) is 5.69 Å². The van der Waals surface area contributed by atoms with E-state index < -0.39 is 4.92 Å². The topological polar surface area (TPSA) is 94.7 Å². The Morgan fingerprint density at radius 3 is 2.53 bits per heavy atom. The Balaban J connectivity index is 2.72. The summed E-state index contributed by atoms with van der Waals surface area (Å²) in [6.07, 6.45) is 4.18. The van der Waals surface area contributed by atoms with Crippen LogP contribution in [0.25, 0.3) is 11.3 Å². The van der Waals surface area contributed by atoms with Crippen LogP contribution in [0, 0.1) is 17.0 Å². The second-order valence-corrected chi connectivity index (χ2v) is 3.50. The van der Waals surface area contributed by atoms with E-state index in [9.17, 15) is 10.1 Å². The van der Waals surface area contributed by atoms with Crippen LogP contribution in [0.4, 0.5) is 5.69 Å². The molecule has 0 aliphatic rings. The Bertz CT molecular complexity index is 575. The third kappa shape index (κ3) is 2.18. The summed E-state index contributed by atoms with van der Waals surface area (Å²) in [7, 11) is 0. The molecule has 17 heavy (non-hydrogen) atoms. The van der Waals surface area contributed by atoms with Crippen molar-refractivity contribution in [2.45, 2.75) is 6.92 Å². The molecule has 0 aliphatic heterocycles.